The van der Waals surface area contributed by atoms with Crippen LogP contribution in [0, 0.1) is 19.7 Å². The van der Waals surface area contributed by atoms with Crippen LogP contribution in [0.15, 0.2) is 36.4 Å². The smallest absolute Gasteiger partial charge is 0.281 e. The van der Waals surface area contributed by atoms with Gasteiger partial charge in [0.25, 0.3) is 11.8 Å². The maximum Gasteiger partial charge on any atom is 0.281 e. The predicted octanol–water partition coefficient (Wildman–Crippen LogP) is 4.15. The summed E-state index contributed by atoms with van der Waals surface area (Å²) >= 11 is 7.23. The molecule has 1 heterocycles. The van der Waals surface area contributed by atoms with E-state index >= 15 is 0 Å². The molecule has 0 aliphatic heterocycles. The second-order valence-corrected chi connectivity index (χ2v) is 7.33. The van der Waals surface area contributed by atoms with E-state index < -0.39 is 17.6 Å². The molecule has 0 unspecified atom stereocenters. The normalized spacial score (nSPS) is 10.7. The van der Waals surface area contributed by atoms with E-state index in [2.05, 4.69) is 10.9 Å². The molecule has 3 aromatic rings. The number of amides is 2. The van der Waals surface area contributed by atoms with E-state index in [1.54, 1.807) is 0 Å². The van der Waals surface area contributed by atoms with Crippen molar-refractivity contribution < 1.29 is 18.7 Å². The zero-order valence-electron chi connectivity index (χ0n) is 14.6. The van der Waals surface area contributed by atoms with Crippen molar-refractivity contribution in [3.63, 3.8) is 0 Å². The van der Waals surface area contributed by atoms with Gasteiger partial charge in [-0.3, -0.25) is 20.4 Å². The number of fused-ring (bicyclic) bond motifs is 1. The van der Waals surface area contributed by atoms with Crippen molar-refractivity contribution in [2.45, 2.75) is 13.8 Å². The highest BCUT2D eigenvalue weighted by Crippen LogP contribution is 2.35. The standard InChI is InChI=1S/C19H16ClFN2O3S/c1-10-4-3-5-11(2)17(10)26-9-15(24)22-23-19(25)18-16(20)13-7-6-12(21)8-14(13)27-18/h3-8H,9H2,1-2H3,(H,22,24)(H,23,25). The lowest BCUT2D eigenvalue weighted by Crippen LogP contribution is -2.43. The molecule has 0 aliphatic rings. The molecule has 1 aromatic heterocycles. The van der Waals surface area contributed by atoms with Crippen LogP contribution < -0.4 is 15.6 Å². The van der Waals surface area contributed by atoms with Gasteiger partial charge >= 0.3 is 0 Å². The van der Waals surface area contributed by atoms with Crippen molar-refractivity contribution in [2.75, 3.05) is 6.61 Å². The van der Waals surface area contributed by atoms with Gasteiger partial charge < -0.3 is 4.74 Å². The van der Waals surface area contributed by atoms with Gasteiger partial charge in [-0.05, 0) is 43.2 Å². The molecule has 0 bridgehead atoms. The van der Waals surface area contributed by atoms with Gasteiger partial charge in [-0.25, -0.2) is 4.39 Å². The van der Waals surface area contributed by atoms with Crippen molar-refractivity contribution in [3.05, 3.63) is 63.2 Å². The van der Waals surface area contributed by atoms with E-state index in [0.29, 0.717) is 15.8 Å². The molecule has 5 nitrogen and oxygen atoms in total. The number of thiophene rings is 1. The third-order valence-corrected chi connectivity index (χ3v) is 5.53. The summed E-state index contributed by atoms with van der Waals surface area (Å²) in [6.07, 6.45) is 0. The molecule has 3 rings (SSSR count). The fourth-order valence-corrected chi connectivity index (χ4v) is 4.01. The number of nitrogens with one attached hydrogen (secondary N) is 2. The summed E-state index contributed by atoms with van der Waals surface area (Å²) < 4.78 is 19.4. The largest absolute Gasteiger partial charge is 0.483 e. The Morgan fingerprint density at radius 3 is 2.56 bits per heavy atom. The summed E-state index contributed by atoms with van der Waals surface area (Å²) in [5.74, 6) is -0.880. The molecule has 2 amide bonds. The number of hydrogen-bond donors (Lipinski definition) is 2. The molecule has 8 heteroatoms. The van der Waals surface area contributed by atoms with E-state index in [1.807, 2.05) is 32.0 Å². The second kappa shape index (κ2) is 7.94. The molecular weight excluding hydrogens is 391 g/mol. The number of ether oxygens (including phenoxy) is 1. The highest BCUT2D eigenvalue weighted by atomic mass is 35.5. The summed E-state index contributed by atoms with van der Waals surface area (Å²) in [6, 6.07) is 9.76. The fraction of sp³-hybridized carbons (Fsp3) is 0.158. The zero-order chi connectivity index (χ0) is 19.6. The first-order chi connectivity index (χ1) is 12.9. The zero-order valence-corrected chi connectivity index (χ0v) is 16.1. The van der Waals surface area contributed by atoms with Crippen LogP contribution in [0.3, 0.4) is 0 Å². The van der Waals surface area contributed by atoms with Crippen LogP contribution in [0.2, 0.25) is 5.02 Å². The van der Waals surface area contributed by atoms with Crippen molar-refractivity contribution in [3.8, 4) is 5.75 Å². The van der Waals surface area contributed by atoms with Crippen LogP contribution in [-0.4, -0.2) is 18.4 Å². The van der Waals surface area contributed by atoms with Gasteiger partial charge in [0.15, 0.2) is 6.61 Å². The van der Waals surface area contributed by atoms with Crippen molar-refractivity contribution in [1.29, 1.82) is 0 Å². The van der Waals surface area contributed by atoms with Gasteiger partial charge in [0, 0.05) is 10.1 Å². The summed E-state index contributed by atoms with van der Waals surface area (Å²) in [5.41, 5.74) is 6.40. The maximum absolute atomic E-state index is 13.3. The summed E-state index contributed by atoms with van der Waals surface area (Å²) in [6.45, 7) is 3.51. The van der Waals surface area contributed by atoms with Crippen LogP contribution in [0.4, 0.5) is 4.39 Å². The van der Waals surface area contributed by atoms with Gasteiger partial charge in [-0.2, -0.15) is 0 Å². The lowest BCUT2D eigenvalue weighted by atomic mass is 10.1. The first-order valence-electron chi connectivity index (χ1n) is 8.02. The number of aryl methyl sites for hydroxylation is 2. The minimum atomic E-state index is -0.581. The van der Waals surface area contributed by atoms with Crippen LogP contribution >= 0.6 is 22.9 Å². The number of hydrazine groups is 1. The van der Waals surface area contributed by atoms with Crippen molar-refractivity contribution >= 4 is 44.8 Å². The van der Waals surface area contributed by atoms with Gasteiger partial charge in [-0.15, -0.1) is 11.3 Å². The van der Waals surface area contributed by atoms with E-state index in [4.69, 9.17) is 16.3 Å². The van der Waals surface area contributed by atoms with E-state index in [1.165, 1.54) is 18.2 Å². The molecule has 0 spiro atoms. The number of hydrogen-bond acceptors (Lipinski definition) is 4. The van der Waals surface area contributed by atoms with E-state index in [-0.39, 0.29) is 16.5 Å². The maximum atomic E-state index is 13.3. The monoisotopic (exact) mass is 406 g/mol. The number of benzene rings is 2. The van der Waals surface area contributed by atoms with E-state index in [9.17, 15) is 14.0 Å². The summed E-state index contributed by atoms with van der Waals surface area (Å²) in [4.78, 5) is 24.4. The average Bonchev–Trinajstić information content (AvgIpc) is 2.95. The second-order valence-electron chi connectivity index (χ2n) is 5.90. The lowest BCUT2D eigenvalue weighted by molar-refractivity contribution is -0.123. The Hall–Kier alpha value is -2.64. The fourth-order valence-electron chi connectivity index (χ4n) is 2.57. The van der Waals surface area contributed by atoms with Crippen LogP contribution in [-0.2, 0) is 4.79 Å². The van der Waals surface area contributed by atoms with E-state index in [0.717, 1.165) is 22.5 Å². The minimum absolute atomic E-state index is 0.188. The quantitative estimate of drug-likeness (QED) is 0.639. The van der Waals surface area contributed by atoms with Gasteiger partial charge in [0.05, 0.1) is 5.02 Å². The van der Waals surface area contributed by atoms with Crippen LogP contribution in [0.25, 0.3) is 10.1 Å². The highest BCUT2D eigenvalue weighted by molar-refractivity contribution is 7.21. The first kappa shape index (κ1) is 19.1. The molecule has 2 N–H and O–H groups in total. The minimum Gasteiger partial charge on any atom is -0.483 e. The predicted molar refractivity (Wildman–Crippen MR) is 104 cm³/mol. The molecule has 140 valence electrons. The number of rotatable bonds is 4. The Labute approximate surface area is 164 Å². The third kappa shape index (κ3) is 4.20. The van der Waals surface area contributed by atoms with Gasteiger partial charge in [0.2, 0.25) is 0 Å². The summed E-state index contributed by atoms with van der Waals surface area (Å²) in [7, 11) is 0. The molecule has 0 atom stereocenters. The molecule has 0 radical (unpaired) electrons. The van der Waals surface area contributed by atoms with Crippen molar-refractivity contribution in [2.24, 2.45) is 0 Å². The Bertz CT molecular complexity index is 1010. The van der Waals surface area contributed by atoms with Gasteiger partial charge in [0.1, 0.15) is 16.4 Å². The number of carbonyl (C=O) groups excluding carboxylic acids is 2. The Morgan fingerprint density at radius 1 is 1.15 bits per heavy atom. The molecule has 27 heavy (non-hydrogen) atoms. The number of carbonyl (C=O) groups is 2. The number of halogens is 2. The van der Waals surface area contributed by atoms with Crippen LogP contribution in [0.1, 0.15) is 20.8 Å². The number of para-hydroxylation sites is 1. The third-order valence-electron chi connectivity index (χ3n) is 3.87. The molecule has 2 aromatic carbocycles. The SMILES string of the molecule is Cc1cccc(C)c1OCC(=O)NNC(=O)c1sc2cc(F)ccc2c1Cl. The highest BCUT2D eigenvalue weighted by Gasteiger charge is 2.18. The Morgan fingerprint density at radius 2 is 1.85 bits per heavy atom. The Balaban J connectivity index is 1.60. The average molecular weight is 407 g/mol. The van der Waals surface area contributed by atoms with Crippen LogP contribution in [0.5, 0.6) is 5.75 Å². The molecular formula is C19H16ClFN2O3S. The molecule has 0 saturated heterocycles. The summed E-state index contributed by atoms with van der Waals surface area (Å²) in [5, 5.41) is 0.798. The lowest BCUT2D eigenvalue weighted by Gasteiger charge is -2.12. The molecule has 0 fully saturated rings. The molecule has 0 aliphatic carbocycles. The topological polar surface area (TPSA) is 67.4 Å². The van der Waals surface area contributed by atoms with Gasteiger partial charge in [-0.1, -0.05) is 29.8 Å². The first-order valence-corrected chi connectivity index (χ1v) is 9.22. The Kier molecular flexibility index (Phi) is 5.62. The van der Waals surface area contributed by atoms with Crippen molar-refractivity contribution in [1.82, 2.24) is 10.9 Å². The molecule has 0 saturated carbocycles.